The summed E-state index contributed by atoms with van der Waals surface area (Å²) in [7, 11) is 0. The van der Waals surface area contributed by atoms with Crippen molar-refractivity contribution in [2.45, 2.75) is 6.92 Å². The number of phenols is 1. The molecule has 3 nitrogen and oxygen atoms in total. The largest absolute Gasteiger partial charge is 0.507 e. The average Bonchev–Trinajstić information content (AvgIpc) is 2.20. The number of para-hydroxylation sites is 1. The van der Waals surface area contributed by atoms with Crippen molar-refractivity contribution in [1.29, 1.82) is 0 Å². The summed E-state index contributed by atoms with van der Waals surface area (Å²) in [6.07, 6.45) is 1.63. The van der Waals surface area contributed by atoms with Crippen molar-refractivity contribution in [2.75, 3.05) is 13.2 Å². The van der Waals surface area contributed by atoms with E-state index < -0.39 is 0 Å². The molecule has 1 aromatic rings. The summed E-state index contributed by atoms with van der Waals surface area (Å²) >= 11 is 0. The SMILES string of the molecule is C[C@@H](CO)CN=Cc1ccccc1O. The highest BCUT2D eigenvalue weighted by atomic mass is 16.3. The normalized spacial score (nSPS) is 13.3. The molecule has 14 heavy (non-hydrogen) atoms. The molecule has 3 heteroatoms. The number of aromatic hydroxyl groups is 1. The lowest BCUT2D eigenvalue weighted by Crippen LogP contribution is -2.04. The van der Waals surface area contributed by atoms with Crippen LogP contribution in [-0.4, -0.2) is 29.6 Å². The van der Waals surface area contributed by atoms with E-state index in [9.17, 15) is 5.11 Å². The summed E-state index contributed by atoms with van der Waals surface area (Å²) in [6.45, 7) is 2.63. The zero-order valence-electron chi connectivity index (χ0n) is 8.22. The van der Waals surface area contributed by atoms with Gasteiger partial charge in [-0.2, -0.15) is 0 Å². The number of hydrogen-bond acceptors (Lipinski definition) is 3. The van der Waals surface area contributed by atoms with Gasteiger partial charge in [-0.1, -0.05) is 19.1 Å². The standard InChI is InChI=1S/C11H15NO2/c1-9(8-13)6-12-7-10-4-2-3-5-11(10)14/h2-5,7,9,13-14H,6,8H2,1H3/t9-/m1/s1. The smallest absolute Gasteiger partial charge is 0.124 e. The van der Waals surface area contributed by atoms with Crippen molar-refractivity contribution in [3.8, 4) is 5.75 Å². The van der Waals surface area contributed by atoms with Crippen LogP contribution in [0, 0.1) is 5.92 Å². The summed E-state index contributed by atoms with van der Waals surface area (Å²) in [5, 5.41) is 18.2. The molecule has 0 aliphatic carbocycles. The predicted octanol–water partition coefficient (Wildman–Crippen LogP) is 1.44. The van der Waals surface area contributed by atoms with E-state index in [0.717, 1.165) is 0 Å². The molecule has 0 saturated heterocycles. The second-order valence-electron chi connectivity index (χ2n) is 3.34. The van der Waals surface area contributed by atoms with Gasteiger partial charge in [-0.25, -0.2) is 0 Å². The third-order valence-electron chi connectivity index (χ3n) is 1.90. The van der Waals surface area contributed by atoms with Crippen LogP contribution in [0.1, 0.15) is 12.5 Å². The van der Waals surface area contributed by atoms with E-state index in [1.54, 1.807) is 24.4 Å². The number of phenolic OH excluding ortho intramolecular Hbond substituents is 1. The summed E-state index contributed by atoms with van der Waals surface area (Å²) in [4.78, 5) is 4.13. The number of hydrogen-bond donors (Lipinski definition) is 2. The lowest BCUT2D eigenvalue weighted by Gasteiger charge is -2.02. The van der Waals surface area contributed by atoms with Gasteiger partial charge in [0, 0.05) is 24.9 Å². The molecule has 0 fully saturated rings. The van der Waals surface area contributed by atoms with Gasteiger partial charge < -0.3 is 10.2 Å². The second kappa shape index (κ2) is 5.40. The van der Waals surface area contributed by atoms with Gasteiger partial charge in [0.05, 0.1) is 0 Å². The van der Waals surface area contributed by atoms with E-state index >= 15 is 0 Å². The average molecular weight is 193 g/mol. The van der Waals surface area contributed by atoms with Crippen LogP contribution < -0.4 is 0 Å². The van der Waals surface area contributed by atoms with Crippen LogP contribution in [0.4, 0.5) is 0 Å². The molecule has 0 bridgehead atoms. The third kappa shape index (κ3) is 3.18. The Bertz CT molecular complexity index is 310. The minimum atomic E-state index is 0.137. The molecule has 1 aromatic carbocycles. The zero-order valence-corrected chi connectivity index (χ0v) is 8.22. The molecule has 0 radical (unpaired) electrons. The molecule has 0 aliphatic rings. The Balaban J connectivity index is 2.56. The van der Waals surface area contributed by atoms with E-state index in [2.05, 4.69) is 4.99 Å². The van der Waals surface area contributed by atoms with Crippen molar-refractivity contribution in [3.63, 3.8) is 0 Å². The van der Waals surface area contributed by atoms with Crippen LogP contribution in [0.2, 0.25) is 0 Å². The summed E-state index contributed by atoms with van der Waals surface area (Å²) in [6, 6.07) is 7.03. The predicted molar refractivity (Wildman–Crippen MR) is 56.8 cm³/mol. The van der Waals surface area contributed by atoms with Gasteiger partial charge in [-0.15, -0.1) is 0 Å². The van der Waals surface area contributed by atoms with Crippen LogP contribution in [0.15, 0.2) is 29.3 Å². The molecule has 0 spiro atoms. The number of nitrogens with zero attached hydrogens (tertiary/aromatic N) is 1. The fraction of sp³-hybridized carbons (Fsp3) is 0.364. The Morgan fingerprint density at radius 1 is 1.43 bits per heavy atom. The van der Waals surface area contributed by atoms with Crippen molar-refractivity contribution < 1.29 is 10.2 Å². The minimum Gasteiger partial charge on any atom is -0.507 e. The van der Waals surface area contributed by atoms with Crippen LogP contribution in [0.5, 0.6) is 5.75 Å². The fourth-order valence-corrected chi connectivity index (χ4v) is 0.985. The van der Waals surface area contributed by atoms with Crippen molar-refractivity contribution in [1.82, 2.24) is 0 Å². The molecule has 0 unspecified atom stereocenters. The van der Waals surface area contributed by atoms with Crippen molar-refractivity contribution >= 4 is 6.21 Å². The minimum absolute atomic E-state index is 0.137. The van der Waals surface area contributed by atoms with Gasteiger partial charge in [0.1, 0.15) is 5.75 Å². The van der Waals surface area contributed by atoms with E-state index in [1.807, 2.05) is 13.0 Å². The molecule has 2 N–H and O–H groups in total. The monoisotopic (exact) mass is 193 g/mol. The first-order valence-corrected chi connectivity index (χ1v) is 4.62. The molecule has 0 aliphatic heterocycles. The molecule has 0 saturated carbocycles. The Morgan fingerprint density at radius 3 is 2.79 bits per heavy atom. The number of benzene rings is 1. The van der Waals surface area contributed by atoms with E-state index in [4.69, 9.17) is 5.11 Å². The van der Waals surface area contributed by atoms with Gasteiger partial charge in [0.2, 0.25) is 0 Å². The van der Waals surface area contributed by atoms with Crippen LogP contribution >= 0.6 is 0 Å². The molecule has 1 rings (SSSR count). The Labute approximate surface area is 83.7 Å². The van der Waals surface area contributed by atoms with Gasteiger partial charge in [-0.05, 0) is 18.1 Å². The first-order valence-electron chi connectivity index (χ1n) is 4.62. The first-order chi connectivity index (χ1) is 6.74. The quantitative estimate of drug-likeness (QED) is 0.711. The number of aliphatic imine (C=N–C) groups is 1. The van der Waals surface area contributed by atoms with E-state index in [0.29, 0.717) is 12.1 Å². The molecule has 0 amide bonds. The first kappa shape index (κ1) is 10.7. The lowest BCUT2D eigenvalue weighted by molar-refractivity contribution is 0.242. The van der Waals surface area contributed by atoms with Crippen LogP contribution in [0.25, 0.3) is 0 Å². The maximum atomic E-state index is 9.39. The number of aliphatic hydroxyl groups excluding tert-OH is 1. The molecule has 76 valence electrons. The van der Waals surface area contributed by atoms with Crippen LogP contribution in [0.3, 0.4) is 0 Å². The highest BCUT2D eigenvalue weighted by Crippen LogP contribution is 2.12. The van der Waals surface area contributed by atoms with E-state index in [-0.39, 0.29) is 18.3 Å². The fourth-order valence-electron chi connectivity index (χ4n) is 0.985. The Morgan fingerprint density at radius 2 is 2.14 bits per heavy atom. The zero-order chi connectivity index (χ0) is 10.4. The van der Waals surface area contributed by atoms with Gasteiger partial charge in [-0.3, -0.25) is 4.99 Å². The molecule has 1 atom stereocenters. The lowest BCUT2D eigenvalue weighted by atomic mass is 10.2. The molecule has 0 heterocycles. The third-order valence-corrected chi connectivity index (χ3v) is 1.90. The van der Waals surface area contributed by atoms with Gasteiger partial charge >= 0.3 is 0 Å². The topological polar surface area (TPSA) is 52.8 Å². The summed E-state index contributed by atoms with van der Waals surface area (Å²) in [5.74, 6) is 0.394. The van der Waals surface area contributed by atoms with Crippen molar-refractivity contribution in [3.05, 3.63) is 29.8 Å². The highest BCUT2D eigenvalue weighted by Gasteiger charge is 1.97. The highest BCUT2D eigenvalue weighted by molar-refractivity contribution is 5.83. The Hall–Kier alpha value is -1.35. The van der Waals surface area contributed by atoms with Crippen LogP contribution in [-0.2, 0) is 0 Å². The molecule has 0 aromatic heterocycles. The van der Waals surface area contributed by atoms with E-state index in [1.165, 1.54) is 0 Å². The van der Waals surface area contributed by atoms with Gasteiger partial charge in [0.15, 0.2) is 0 Å². The maximum absolute atomic E-state index is 9.39. The maximum Gasteiger partial charge on any atom is 0.124 e. The van der Waals surface area contributed by atoms with Gasteiger partial charge in [0.25, 0.3) is 0 Å². The summed E-state index contributed by atoms with van der Waals surface area (Å²) < 4.78 is 0. The Kier molecular flexibility index (Phi) is 4.13. The second-order valence-corrected chi connectivity index (χ2v) is 3.34. The summed E-state index contributed by atoms with van der Waals surface area (Å²) in [5.41, 5.74) is 0.706. The number of rotatable bonds is 4. The molecular weight excluding hydrogens is 178 g/mol. The van der Waals surface area contributed by atoms with Crippen molar-refractivity contribution in [2.24, 2.45) is 10.9 Å². The number of aliphatic hydroxyl groups is 1. The molecular formula is C11H15NO2.